The van der Waals surface area contributed by atoms with Gasteiger partial charge in [0.25, 0.3) is 0 Å². The van der Waals surface area contributed by atoms with Gasteiger partial charge in [-0.3, -0.25) is 0 Å². The van der Waals surface area contributed by atoms with Gasteiger partial charge in [-0.1, -0.05) is 182 Å². The zero-order valence-electron chi connectivity index (χ0n) is 30.7. The average Bonchev–Trinajstić information content (AvgIpc) is 3.75. The molecule has 0 N–H and O–H groups in total. The minimum absolute atomic E-state index is 0.400. The monoisotopic (exact) mass is 709 g/mol. The molecule has 0 aromatic heterocycles. The third-order valence-electron chi connectivity index (χ3n) is 12.5. The summed E-state index contributed by atoms with van der Waals surface area (Å²) >= 11 is 0. The number of hydrogen-bond acceptors (Lipinski definition) is 1. The summed E-state index contributed by atoms with van der Waals surface area (Å²) in [5, 5.41) is 7.75. The summed E-state index contributed by atoms with van der Waals surface area (Å²) < 4.78 is 0. The van der Waals surface area contributed by atoms with E-state index in [1.165, 1.54) is 93.6 Å². The first kappa shape index (κ1) is 31.2. The van der Waals surface area contributed by atoms with Gasteiger partial charge < -0.3 is 4.90 Å². The summed E-state index contributed by atoms with van der Waals surface area (Å²) in [6, 6.07) is 78.6. The number of para-hydroxylation sites is 1. The predicted octanol–water partition coefficient (Wildman–Crippen LogP) is 14.6. The van der Waals surface area contributed by atoms with Gasteiger partial charge in [-0.05, 0) is 113 Å². The quantitative estimate of drug-likeness (QED) is 0.164. The zero-order valence-corrected chi connectivity index (χ0v) is 30.7. The van der Waals surface area contributed by atoms with Gasteiger partial charge in [0.15, 0.2) is 0 Å². The van der Waals surface area contributed by atoms with Crippen molar-refractivity contribution in [1.82, 2.24) is 0 Å². The van der Waals surface area contributed by atoms with Crippen molar-refractivity contribution in [3.05, 3.63) is 235 Å². The third kappa shape index (κ3) is 4.15. The first-order chi connectivity index (χ1) is 27.8. The van der Waals surface area contributed by atoms with Crippen molar-refractivity contribution in [3.8, 4) is 33.4 Å². The Labute approximate surface area is 326 Å². The molecule has 0 heterocycles. The van der Waals surface area contributed by atoms with Crippen molar-refractivity contribution >= 4 is 49.4 Å². The summed E-state index contributed by atoms with van der Waals surface area (Å²) in [6.07, 6.45) is 0. The van der Waals surface area contributed by atoms with Crippen molar-refractivity contribution in [2.24, 2.45) is 0 Å². The molecule has 1 heteroatoms. The van der Waals surface area contributed by atoms with E-state index in [1.807, 2.05) is 0 Å². The van der Waals surface area contributed by atoms with Crippen LogP contribution in [0.5, 0.6) is 0 Å². The normalized spacial score (nSPS) is 13.1. The van der Waals surface area contributed by atoms with E-state index in [9.17, 15) is 0 Å². The van der Waals surface area contributed by atoms with E-state index in [2.05, 4.69) is 217 Å². The molecule has 0 atom stereocenters. The molecule has 1 nitrogen and oxygen atoms in total. The van der Waals surface area contributed by atoms with Crippen molar-refractivity contribution in [1.29, 1.82) is 0 Å². The van der Waals surface area contributed by atoms with Gasteiger partial charge in [-0.15, -0.1) is 0 Å². The fourth-order valence-electron chi connectivity index (χ4n) is 10.3. The average molecular weight is 710 g/mol. The van der Waals surface area contributed by atoms with Crippen LogP contribution in [0, 0.1) is 0 Å². The van der Waals surface area contributed by atoms with Crippen molar-refractivity contribution < 1.29 is 0 Å². The molecule has 0 unspecified atom stereocenters. The highest BCUT2D eigenvalue weighted by Crippen LogP contribution is 2.64. The van der Waals surface area contributed by atoms with Crippen LogP contribution in [-0.2, 0) is 5.41 Å². The maximum Gasteiger partial charge on any atom is 0.0726 e. The smallest absolute Gasteiger partial charge is 0.0726 e. The van der Waals surface area contributed by atoms with E-state index in [4.69, 9.17) is 0 Å². The first-order valence-electron chi connectivity index (χ1n) is 19.5. The zero-order chi connectivity index (χ0) is 36.8. The summed E-state index contributed by atoms with van der Waals surface area (Å²) in [5.74, 6) is 0. The van der Waals surface area contributed by atoms with E-state index >= 15 is 0 Å². The van der Waals surface area contributed by atoms with Crippen molar-refractivity contribution in [3.63, 3.8) is 0 Å². The van der Waals surface area contributed by atoms with E-state index in [0.717, 1.165) is 11.4 Å². The standard InChI is InChI=1S/C55H35N/c1-2-16-37(17-3-1)56(38-34-32-36(33-35-38)39-25-14-26-46-42-19-5-4-18-40(42)41-20-6-7-23-45(41)53(39)46)52-31-15-30-51-54(52)47-24-10-13-29-50(47)55(51)48-27-11-8-21-43(48)44-22-9-12-28-49(44)55/h1-35H. The van der Waals surface area contributed by atoms with Gasteiger partial charge in [0.2, 0.25) is 0 Å². The van der Waals surface area contributed by atoms with Crippen LogP contribution < -0.4 is 4.90 Å². The molecular weight excluding hydrogens is 675 g/mol. The summed E-state index contributed by atoms with van der Waals surface area (Å²) in [4.78, 5) is 2.46. The largest absolute Gasteiger partial charge is 0.310 e. The molecule has 0 amide bonds. The summed E-state index contributed by atoms with van der Waals surface area (Å²) in [7, 11) is 0. The maximum atomic E-state index is 2.46. The molecule has 2 aliphatic carbocycles. The molecule has 56 heavy (non-hydrogen) atoms. The van der Waals surface area contributed by atoms with Crippen LogP contribution in [0.15, 0.2) is 212 Å². The minimum atomic E-state index is -0.400. The number of benzene rings is 10. The van der Waals surface area contributed by atoms with Crippen LogP contribution in [0.1, 0.15) is 22.3 Å². The molecule has 10 aromatic rings. The van der Waals surface area contributed by atoms with Crippen LogP contribution in [-0.4, -0.2) is 0 Å². The van der Waals surface area contributed by atoms with Crippen molar-refractivity contribution in [2.75, 3.05) is 4.90 Å². The van der Waals surface area contributed by atoms with Crippen LogP contribution in [0.2, 0.25) is 0 Å². The molecule has 0 radical (unpaired) electrons. The Morgan fingerprint density at radius 2 is 0.714 bits per heavy atom. The summed E-state index contributed by atoms with van der Waals surface area (Å²) in [5.41, 5.74) is 16.1. The molecule has 0 saturated heterocycles. The SMILES string of the molecule is c1ccc(N(c2ccc(-c3cccc4c5ccccc5c5ccccc5c34)cc2)c2cccc3c2-c2ccccc2C32c3ccccc3-c3ccccc32)cc1. The molecular formula is C55H35N. The highest BCUT2D eigenvalue weighted by Gasteiger charge is 2.52. The second-order valence-electron chi connectivity index (χ2n) is 15.1. The lowest BCUT2D eigenvalue weighted by Gasteiger charge is -2.31. The maximum absolute atomic E-state index is 2.46. The molecule has 260 valence electrons. The van der Waals surface area contributed by atoms with Gasteiger partial charge in [0.1, 0.15) is 0 Å². The molecule has 0 bridgehead atoms. The van der Waals surface area contributed by atoms with Crippen LogP contribution >= 0.6 is 0 Å². The number of fused-ring (bicyclic) bond motifs is 16. The first-order valence-corrected chi connectivity index (χ1v) is 19.5. The lowest BCUT2D eigenvalue weighted by atomic mass is 9.70. The molecule has 0 saturated carbocycles. The Hall–Kier alpha value is -7.22. The second-order valence-corrected chi connectivity index (χ2v) is 15.1. The Balaban J connectivity index is 1.08. The van der Waals surface area contributed by atoms with Gasteiger partial charge in [-0.2, -0.15) is 0 Å². The number of rotatable bonds is 4. The lowest BCUT2D eigenvalue weighted by molar-refractivity contribution is 0.794. The fraction of sp³-hybridized carbons (Fsp3) is 0.0182. The van der Waals surface area contributed by atoms with Gasteiger partial charge in [0, 0.05) is 16.9 Å². The van der Waals surface area contributed by atoms with E-state index in [0.29, 0.717) is 0 Å². The van der Waals surface area contributed by atoms with Gasteiger partial charge in [0.05, 0.1) is 11.1 Å². The molecule has 12 rings (SSSR count). The molecule has 0 aliphatic heterocycles. The van der Waals surface area contributed by atoms with Crippen LogP contribution in [0.25, 0.3) is 65.7 Å². The number of anilines is 3. The second kappa shape index (κ2) is 11.9. The van der Waals surface area contributed by atoms with E-state index in [-0.39, 0.29) is 0 Å². The Morgan fingerprint density at radius 1 is 0.286 bits per heavy atom. The van der Waals surface area contributed by atoms with Gasteiger partial charge >= 0.3 is 0 Å². The molecule has 0 fully saturated rings. The molecule has 10 aromatic carbocycles. The fourth-order valence-corrected chi connectivity index (χ4v) is 10.3. The van der Waals surface area contributed by atoms with Crippen molar-refractivity contribution in [2.45, 2.75) is 5.41 Å². The Kier molecular flexibility index (Phi) is 6.62. The third-order valence-corrected chi connectivity index (χ3v) is 12.5. The highest BCUT2D eigenvalue weighted by atomic mass is 15.1. The van der Waals surface area contributed by atoms with Crippen LogP contribution in [0.4, 0.5) is 17.1 Å². The minimum Gasteiger partial charge on any atom is -0.310 e. The number of hydrogen-bond donors (Lipinski definition) is 0. The van der Waals surface area contributed by atoms with Gasteiger partial charge in [-0.25, -0.2) is 0 Å². The summed E-state index contributed by atoms with van der Waals surface area (Å²) in [6.45, 7) is 0. The Bertz CT molecular complexity index is 3100. The topological polar surface area (TPSA) is 3.24 Å². The number of nitrogens with zero attached hydrogens (tertiary/aromatic N) is 1. The highest BCUT2D eigenvalue weighted by molar-refractivity contribution is 6.28. The van der Waals surface area contributed by atoms with Crippen LogP contribution in [0.3, 0.4) is 0 Å². The van der Waals surface area contributed by atoms with E-state index in [1.54, 1.807) is 0 Å². The predicted molar refractivity (Wildman–Crippen MR) is 235 cm³/mol. The Morgan fingerprint density at radius 3 is 1.36 bits per heavy atom. The van der Waals surface area contributed by atoms with E-state index < -0.39 is 5.41 Å². The molecule has 1 spiro atoms. The lowest BCUT2D eigenvalue weighted by Crippen LogP contribution is -2.26. The molecule has 2 aliphatic rings.